The molecule has 2 amide bonds. The molecule has 2 aliphatic rings. The van der Waals surface area contributed by atoms with Gasteiger partial charge in [-0.1, -0.05) is 18.2 Å². The number of nitrogens with zero attached hydrogens (tertiary/aromatic N) is 2. The van der Waals surface area contributed by atoms with Gasteiger partial charge in [0.1, 0.15) is 11.3 Å². The van der Waals surface area contributed by atoms with Gasteiger partial charge in [0, 0.05) is 43.7 Å². The van der Waals surface area contributed by atoms with Crippen molar-refractivity contribution in [2.75, 3.05) is 26.2 Å². The second kappa shape index (κ2) is 7.56. The van der Waals surface area contributed by atoms with Gasteiger partial charge in [0.25, 0.3) is 0 Å². The molecule has 1 aliphatic carbocycles. The fourth-order valence-corrected chi connectivity index (χ4v) is 3.39. The summed E-state index contributed by atoms with van der Waals surface area (Å²) in [4.78, 5) is 28.6. The predicted molar refractivity (Wildman–Crippen MR) is 104 cm³/mol. The molecule has 1 N–H and O–H groups in total. The van der Waals surface area contributed by atoms with Crippen molar-refractivity contribution in [3.8, 4) is 0 Å². The number of piperazine rings is 1. The van der Waals surface area contributed by atoms with Crippen LogP contribution >= 0.6 is 0 Å². The van der Waals surface area contributed by atoms with Crippen molar-refractivity contribution in [3.05, 3.63) is 42.2 Å². The van der Waals surface area contributed by atoms with Crippen molar-refractivity contribution in [1.29, 1.82) is 0 Å². The molecule has 1 saturated heterocycles. The Morgan fingerprint density at radius 3 is 2.63 bits per heavy atom. The Balaban J connectivity index is 1.29. The molecule has 6 heteroatoms. The van der Waals surface area contributed by atoms with Crippen molar-refractivity contribution in [2.45, 2.75) is 31.8 Å². The highest BCUT2D eigenvalue weighted by Gasteiger charge is 2.30. The van der Waals surface area contributed by atoms with Crippen LogP contribution in [0.1, 0.15) is 25.5 Å². The standard InChI is InChI=1S/C21H25N3O3/c1-15(21(26)22-17-6-7-17)23-10-12-24(13-11-23)20(25)9-8-18-14-16-4-2-3-5-19(16)27-18/h2-5,8-9,14-15,17H,6-7,10-13H2,1H3,(H,22,26)/b9-8+. The van der Waals surface area contributed by atoms with E-state index in [0.717, 1.165) is 23.8 Å². The molecule has 27 heavy (non-hydrogen) atoms. The molecule has 2 heterocycles. The highest BCUT2D eigenvalue weighted by molar-refractivity contribution is 5.92. The number of furan rings is 1. The molecular formula is C21H25N3O3. The van der Waals surface area contributed by atoms with Crippen LogP contribution in [-0.2, 0) is 9.59 Å². The van der Waals surface area contributed by atoms with Crippen molar-refractivity contribution in [2.24, 2.45) is 0 Å². The second-order valence-electron chi connectivity index (χ2n) is 7.34. The van der Waals surface area contributed by atoms with Crippen LogP contribution < -0.4 is 5.32 Å². The molecule has 142 valence electrons. The van der Waals surface area contributed by atoms with Crippen LogP contribution in [0, 0.1) is 0 Å². The lowest BCUT2D eigenvalue weighted by Gasteiger charge is -2.37. The van der Waals surface area contributed by atoms with Crippen molar-refractivity contribution >= 4 is 28.9 Å². The zero-order valence-electron chi connectivity index (χ0n) is 15.6. The minimum Gasteiger partial charge on any atom is -0.457 e. The van der Waals surface area contributed by atoms with Gasteiger partial charge >= 0.3 is 0 Å². The van der Waals surface area contributed by atoms with Crippen LogP contribution in [-0.4, -0.2) is 59.9 Å². The second-order valence-corrected chi connectivity index (χ2v) is 7.34. The first-order chi connectivity index (χ1) is 13.1. The van der Waals surface area contributed by atoms with Gasteiger partial charge in [0.05, 0.1) is 6.04 Å². The lowest BCUT2D eigenvalue weighted by molar-refractivity contribution is -0.130. The fourth-order valence-electron chi connectivity index (χ4n) is 3.39. The molecule has 0 bridgehead atoms. The number of benzene rings is 1. The highest BCUT2D eigenvalue weighted by atomic mass is 16.3. The number of para-hydroxylation sites is 1. The van der Waals surface area contributed by atoms with Gasteiger partial charge in [-0.15, -0.1) is 0 Å². The number of rotatable bonds is 5. The van der Waals surface area contributed by atoms with E-state index < -0.39 is 0 Å². The molecule has 1 atom stereocenters. The van der Waals surface area contributed by atoms with E-state index in [9.17, 15) is 9.59 Å². The van der Waals surface area contributed by atoms with E-state index in [0.29, 0.717) is 38.0 Å². The third-order valence-electron chi connectivity index (χ3n) is 5.31. The predicted octanol–water partition coefficient (Wildman–Crippen LogP) is 2.26. The third-order valence-corrected chi connectivity index (χ3v) is 5.31. The largest absolute Gasteiger partial charge is 0.457 e. The van der Waals surface area contributed by atoms with Crippen molar-refractivity contribution in [1.82, 2.24) is 15.1 Å². The number of carbonyl (C=O) groups is 2. The molecule has 2 aromatic rings. The first kappa shape index (κ1) is 17.8. The third kappa shape index (κ3) is 4.22. The SMILES string of the molecule is CC(C(=O)NC1CC1)N1CCN(C(=O)/C=C/c2cc3ccccc3o2)CC1. The molecular weight excluding hydrogens is 342 g/mol. The lowest BCUT2D eigenvalue weighted by Crippen LogP contribution is -2.55. The molecule has 1 saturated carbocycles. The Morgan fingerprint density at radius 1 is 1.19 bits per heavy atom. The van der Waals surface area contributed by atoms with Gasteiger partial charge in [0.15, 0.2) is 0 Å². The monoisotopic (exact) mass is 367 g/mol. The maximum absolute atomic E-state index is 12.5. The average molecular weight is 367 g/mol. The molecule has 1 unspecified atom stereocenters. The first-order valence-electron chi connectivity index (χ1n) is 9.60. The van der Waals surface area contributed by atoms with E-state index >= 15 is 0 Å². The maximum Gasteiger partial charge on any atom is 0.246 e. The van der Waals surface area contributed by atoms with E-state index in [1.807, 2.05) is 42.2 Å². The molecule has 1 aromatic heterocycles. The Labute approximate surface area is 158 Å². The van der Waals surface area contributed by atoms with Gasteiger partial charge in [-0.2, -0.15) is 0 Å². The van der Waals surface area contributed by atoms with E-state index in [1.165, 1.54) is 0 Å². The van der Waals surface area contributed by atoms with Crippen LogP contribution in [0.5, 0.6) is 0 Å². The summed E-state index contributed by atoms with van der Waals surface area (Å²) in [6, 6.07) is 9.95. The number of hydrogen-bond donors (Lipinski definition) is 1. The van der Waals surface area contributed by atoms with Gasteiger partial charge in [-0.3, -0.25) is 14.5 Å². The maximum atomic E-state index is 12.5. The Morgan fingerprint density at radius 2 is 1.93 bits per heavy atom. The Kier molecular flexibility index (Phi) is 4.99. The van der Waals surface area contributed by atoms with Crippen LogP contribution in [0.15, 0.2) is 40.8 Å². The zero-order valence-corrected chi connectivity index (χ0v) is 15.6. The molecule has 6 nitrogen and oxygen atoms in total. The van der Waals surface area contributed by atoms with Gasteiger partial charge < -0.3 is 14.6 Å². The molecule has 0 radical (unpaired) electrons. The average Bonchev–Trinajstić information content (AvgIpc) is 3.41. The van der Waals surface area contributed by atoms with E-state index in [4.69, 9.17) is 4.42 Å². The quantitative estimate of drug-likeness (QED) is 0.824. The van der Waals surface area contributed by atoms with Crippen LogP contribution in [0.2, 0.25) is 0 Å². The van der Waals surface area contributed by atoms with E-state index in [-0.39, 0.29) is 17.9 Å². The summed E-state index contributed by atoms with van der Waals surface area (Å²) in [5.41, 5.74) is 0.816. The lowest BCUT2D eigenvalue weighted by atomic mass is 10.2. The van der Waals surface area contributed by atoms with Gasteiger partial charge in [-0.05, 0) is 38.0 Å². The number of amides is 2. The molecule has 2 fully saturated rings. The smallest absolute Gasteiger partial charge is 0.246 e. The summed E-state index contributed by atoms with van der Waals surface area (Å²) in [6.07, 6.45) is 5.48. The molecule has 1 aliphatic heterocycles. The van der Waals surface area contributed by atoms with Crippen LogP contribution in [0.3, 0.4) is 0 Å². The molecule has 0 spiro atoms. The van der Waals surface area contributed by atoms with Crippen LogP contribution in [0.25, 0.3) is 17.0 Å². The van der Waals surface area contributed by atoms with E-state index in [2.05, 4.69) is 10.2 Å². The zero-order chi connectivity index (χ0) is 18.8. The summed E-state index contributed by atoms with van der Waals surface area (Å²) in [5.74, 6) is 0.751. The van der Waals surface area contributed by atoms with E-state index in [1.54, 1.807) is 12.2 Å². The summed E-state index contributed by atoms with van der Waals surface area (Å²) in [5, 5.41) is 4.08. The highest BCUT2D eigenvalue weighted by Crippen LogP contribution is 2.20. The summed E-state index contributed by atoms with van der Waals surface area (Å²) in [6.45, 7) is 4.62. The molecule has 1 aromatic carbocycles. The van der Waals surface area contributed by atoms with Gasteiger partial charge in [0.2, 0.25) is 11.8 Å². The number of hydrogen-bond acceptors (Lipinski definition) is 4. The number of nitrogens with one attached hydrogen (secondary N) is 1. The minimum absolute atomic E-state index is 0.0230. The fraction of sp³-hybridized carbons (Fsp3) is 0.429. The summed E-state index contributed by atoms with van der Waals surface area (Å²) < 4.78 is 5.71. The normalized spacial score (nSPS) is 19.5. The number of carbonyl (C=O) groups excluding carboxylic acids is 2. The Hall–Kier alpha value is -2.60. The van der Waals surface area contributed by atoms with Gasteiger partial charge in [-0.25, -0.2) is 0 Å². The Bertz CT molecular complexity index is 827. The topological polar surface area (TPSA) is 65.8 Å². The summed E-state index contributed by atoms with van der Waals surface area (Å²) >= 11 is 0. The number of fused-ring (bicyclic) bond motifs is 1. The first-order valence-corrected chi connectivity index (χ1v) is 9.60. The molecule has 4 rings (SSSR count). The van der Waals surface area contributed by atoms with Crippen LogP contribution in [0.4, 0.5) is 0 Å². The van der Waals surface area contributed by atoms with Crippen molar-refractivity contribution < 1.29 is 14.0 Å². The van der Waals surface area contributed by atoms with Crippen molar-refractivity contribution in [3.63, 3.8) is 0 Å². The summed E-state index contributed by atoms with van der Waals surface area (Å²) in [7, 11) is 0. The minimum atomic E-state index is -0.144.